The van der Waals surface area contributed by atoms with Gasteiger partial charge in [0, 0.05) is 5.69 Å². The van der Waals surface area contributed by atoms with E-state index in [2.05, 4.69) is 5.32 Å². The molecule has 0 aliphatic heterocycles. The first kappa shape index (κ1) is 15.0. The number of nitrogen functional groups attached to an aromatic ring is 1. The van der Waals surface area contributed by atoms with Crippen molar-refractivity contribution in [3.05, 3.63) is 65.5 Å². The molecule has 5 heteroatoms. The maximum Gasteiger partial charge on any atom is 0.254 e. The van der Waals surface area contributed by atoms with Crippen molar-refractivity contribution in [2.24, 2.45) is 0 Å². The quantitative estimate of drug-likeness (QED) is 0.754. The molecule has 1 atom stereocenters. The number of nitrogens with two attached hydrogens (primary N) is 1. The Balaban J connectivity index is 2.30. The lowest BCUT2D eigenvalue weighted by molar-refractivity contribution is 0.0850. The summed E-state index contributed by atoms with van der Waals surface area (Å²) in [7, 11) is 0. The highest BCUT2D eigenvalue weighted by atomic mass is 19.1. The Kier molecular flexibility index (Phi) is 4.23. The molecule has 0 heterocycles. The van der Waals surface area contributed by atoms with Gasteiger partial charge in [0.05, 0.1) is 17.7 Å². The lowest BCUT2D eigenvalue weighted by Crippen LogP contribution is -2.46. The third-order valence-corrected chi connectivity index (χ3v) is 3.38. The second-order valence-corrected chi connectivity index (χ2v) is 5.04. The van der Waals surface area contributed by atoms with Crippen molar-refractivity contribution in [1.29, 1.82) is 0 Å². The molecule has 0 spiro atoms. The average molecular weight is 288 g/mol. The van der Waals surface area contributed by atoms with Crippen LogP contribution in [0, 0.1) is 5.82 Å². The van der Waals surface area contributed by atoms with E-state index in [-0.39, 0.29) is 17.9 Å². The monoisotopic (exact) mass is 288 g/mol. The first-order valence-electron chi connectivity index (χ1n) is 6.50. The minimum absolute atomic E-state index is 0.0469. The van der Waals surface area contributed by atoms with Gasteiger partial charge in [-0.3, -0.25) is 4.79 Å². The molecular formula is C16H17FN2O2. The van der Waals surface area contributed by atoms with Crippen LogP contribution < -0.4 is 11.1 Å². The predicted molar refractivity (Wildman–Crippen MR) is 79.2 cm³/mol. The molecule has 21 heavy (non-hydrogen) atoms. The van der Waals surface area contributed by atoms with Crippen LogP contribution in [0.2, 0.25) is 0 Å². The summed E-state index contributed by atoms with van der Waals surface area (Å²) in [5.74, 6) is -1.08. The number of amides is 1. The minimum Gasteiger partial charge on any atom is -0.398 e. The fourth-order valence-electron chi connectivity index (χ4n) is 2.05. The van der Waals surface area contributed by atoms with Gasteiger partial charge in [0.25, 0.3) is 5.91 Å². The van der Waals surface area contributed by atoms with Crippen molar-refractivity contribution in [3.63, 3.8) is 0 Å². The van der Waals surface area contributed by atoms with Crippen LogP contribution in [0.5, 0.6) is 0 Å². The molecule has 0 fully saturated rings. The highest BCUT2D eigenvalue weighted by Gasteiger charge is 2.28. The van der Waals surface area contributed by atoms with Gasteiger partial charge < -0.3 is 16.2 Å². The van der Waals surface area contributed by atoms with Gasteiger partial charge in [0.2, 0.25) is 0 Å². The van der Waals surface area contributed by atoms with Crippen molar-refractivity contribution < 1.29 is 14.3 Å². The molecular weight excluding hydrogens is 271 g/mol. The molecule has 1 unspecified atom stereocenters. The standard InChI is InChI=1S/C16H17FN2O2/c1-16(10-20,11-5-3-2-4-6-11)19-15(21)13-9-12(17)7-8-14(13)18/h2-9,20H,10,18H2,1H3,(H,19,21). The Morgan fingerprint density at radius 3 is 2.57 bits per heavy atom. The third kappa shape index (κ3) is 3.20. The summed E-state index contributed by atoms with van der Waals surface area (Å²) in [5, 5.41) is 12.3. The lowest BCUT2D eigenvalue weighted by Gasteiger charge is -2.29. The smallest absolute Gasteiger partial charge is 0.254 e. The van der Waals surface area contributed by atoms with E-state index in [1.807, 2.05) is 18.2 Å². The van der Waals surface area contributed by atoms with E-state index >= 15 is 0 Å². The zero-order chi connectivity index (χ0) is 15.5. The second kappa shape index (κ2) is 5.93. The Bertz CT molecular complexity index is 646. The Labute approximate surface area is 122 Å². The number of nitrogens with one attached hydrogen (secondary N) is 1. The van der Waals surface area contributed by atoms with E-state index < -0.39 is 17.3 Å². The summed E-state index contributed by atoms with van der Waals surface area (Å²) >= 11 is 0. The molecule has 0 aliphatic rings. The van der Waals surface area contributed by atoms with E-state index in [1.165, 1.54) is 12.1 Å². The summed E-state index contributed by atoms with van der Waals surface area (Å²) in [4.78, 5) is 12.3. The summed E-state index contributed by atoms with van der Waals surface area (Å²) in [6.07, 6.45) is 0. The fourth-order valence-corrected chi connectivity index (χ4v) is 2.05. The zero-order valence-corrected chi connectivity index (χ0v) is 11.6. The number of rotatable bonds is 4. The van der Waals surface area contributed by atoms with Crippen LogP contribution in [0.1, 0.15) is 22.8 Å². The molecule has 2 rings (SSSR count). The van der Waals surface area contributed by atoms with Crippen LogP contribution in [0.4, 0.5) is 10.1 Å². The Morgan fingerprint density at radius 2 is 1.95 bits per heavy atom. The maximum atomic E-state index is 13.3. The summed E-state index contributed by atoms with van der Waals surface area (Å²) in [6.45, 7) is 1.40. The van der Waals surface area contributed by atoms with E-state index in [4.69, 9.17) is 5.73 Å². The zero-order valence-electron chi connectivity index (χ0n) is 11.6. The average Bonchev–Trinajstić information content (AvgIpc) is 2.50. The van der Waals surface area contributed by atoms with Crippen molar-refractivity contribution in [1.82, 2.24) is 5.32 Å². The third-order valence-electron chi connectivity index (χ3n) is 3.38. The van der Waals surface area contributed by atoms with Gasteiger partial charge in [-0.25, -0.2) is 4.39 Å². The van der Waals surface area contributed by atoms with Crippen molar-refractivity contribution in [2.75, 3.05) is 12.3 Å². The van der Waals surface area contributed by atoms with Crippen molar-refractivity contribution in [3.8, 4) is 0 Å². The van der Waals surface area contributed by atoms with E-state index in [9.17, 15) is 14.3 Å². The minimum atomic E-state index is -0.975. The second-order valence-electron chi connectivity index (χ2n) is 5.04. The number of anilines is 1. The maximum absolute atomic E-state index is 13.3. The number of carbonyl (C=O) groups excluding carboxylic acids is 1. The molecule has 2 aromatic rings. The highest BCUT2D eigenvalue weighted by Crippen LogP contribution is 2.22. The fraction of sp³-hybridized carbons (Fsp3) is 0.188. The summed E-state index contributed by atoms with van der Waals surface area (Å²) in [6, 6.07) is 12.7. The number of hydrogen-bond acceptors (Lipinski definition) is 3. The van der Waals surface area contributed by atoms with Crippen LogP contribution in [-0.4, -0.2) is 17.6 Å². The number of carbonyl (C=O) groups is 1. The van der Waals surface area contributed by atoms with Gasteiger partial charge >= 0.3 is 0 Å². The summed E-state index contributed by atoms with van der Waals surface area (Å²) < 4.78 is 13.3. The molecule has 0 saturated heterocycles. The molecule has 0 aromatic heterocycles. The Morgan fingerprint density at radius 1 is 1.29 bits per heavy atom. The van der Waals surface area contributed by atoms with Crippen molar-refractivity contribution >= 4 is 11.6 Å². The first-order chi connectivity index (χ1) is 9.96. The molecule has 4 nitrogen and oxygen atoms in total. The van der Waals surface area contributed by atoms with Gasteiger partial charge in [-0.2, -0.15) is 0 Å². The topological polar surface area (TPSA) is 75.3 Å². The Hall–Kier alpha value is -2.40. The van der Waals surface area contributed by atoms with Crippen LogP contribution in [0.3, 0.4) is 0 Å². The molecule has 1 amide bonds. The van der Waals surface area contributed by atoms with Gasteiger partial charge in [-0.1, -0.05) is 30.3 Å². The van der Waals surface area contributed by atoms with Gasteiger partial charge in [0.1, 0.15) is 5.82 Å². The van der Waals surface area contributed by atoms with Crippen molar-refractivity contribution in [2.45, 2.75) is 12.5 Å². The van der Waals surface area contributed by atoms with Gasteiger partial charge in [0.15, 0.2) is 0 Å². The number of benzene rings is 2. The number of aliphatic hydroxyl groups is 1. The normalized spacial score (nSPS) is 13.5. The largest absolute Gasteiger partial charge is 0.398 e. The summed E-state index contributed by atoms with van der Waals surface area (Å²) in [5.41, 5.74) is 5.70. The van der Waals surface area contributed by atoms with Gasteiger partial charge in [-0.05, 0) is 30.7 Å². The van der Waals surface area contributed by atoms with Crippen LogP contribution in [-0.2, 0) is 5.54 Å². The number of aliphatic hydroxyl groups excluding tert-OH is 1. The first-order valence-corrected chi connectivity index (χ1v) is 6.50. The molecule has 110 valence electrons. The van der Waals surface area contributed by atoms with Crippen LogP contribution in [0.15, 0.2) is 48.5 Å². The molecule has 4 N–H and O–H groups in total. The molecule has 0 saturated carbocycles. The van der Waals surface area contributed by atoms with Crippen LogP contribution in [0.25, 0.3) is 0 Å². The number of hydrogen-bond donors (Lipinski definition) is 3. The SMILES string of the molecule is CC(CO)(NC(=O)c1cc(F)ccc1N)c1ccccc1. The van der Waals surface area contributed by atoms with E-state index in [0.29, 0.717) is 0 Å². The highest BCUT2D eigenvalue weighted by molar-refractivity contribution is 5.99. The molecule has 0 aliphatic carbocycles. The lowest BCUT2D eigenvalue weighted by atomic mass is 9.92. The van der Waals surface area contributed by atoms with E-state index in [0.717, 1.165) is 11.6 Å². The van der Waals surface area contributed by atoms with E-state index in [1.54, 1.807) is 19.1 Å². The number of halogens is 1. The molecule has 0 radical (unpaired) electrons. The predicted octanol–water partition coefficient (Wildman–Crippen LogP) is 2.05. The molecule has 2 aromatic carbocycles. The molecule has 0 bridgehead atoms. The van der Waals surface area contributed by atoms with Gasteiger partial charge in [-0.15, -0.1) is 0 Å². The van der Waals surface area contributed by atoms with Crippen LogP contribution >= 0.6 is 0 Å².